The average Bonchev–Trinajstić information content (AvgIpc) is 2.98. The number of pyridine rings is 1. The first-order valence-corrected chi connectivity index (χ1v) is 14.3. The number of hydrogen-bond acceptors (Lipinski definition) is 6. The zero-order chi connectivity index (χ0) is 32.0. The second-order valence-electron chi connectivity index (χ2n) is 10.7. The number of carbonyl (C=O) groups excluding carboxylic acids is 3. The van der Waals surface area contributed by atoms with E-state index in [2.05, 4.69) is 23.6 Å². The number of ether oxygens (including phenoxy) is 2. The van der Waals surface area contributed by atoms with Gasteiger partial charge in [0.15, 0.2) is 0 Å². The van der Waals surface area contributed by atoms with Gasteiger partial charge in [-0.3, -0.25) is 14.4 Å². The fourth-order valence-corrected chi connectivity index (χ4v) is 5.04. The number of methoxy groups -OCH3 is 1. The molecule has 2 N–H and O–H groups in total. The van der Waals surface area contributed by atoms with Crippen molar-refractivity contribution < 1.29 is 23.9 Å². The zero-order valence-corrected chi connectivity index (χ0v) is 26.2. The number of aromatic nitrogens is 1. The smallest absolute Gasteiger partial charge is 0.246 e. The second-order valence-corrected chi connectivity index (χ2v) is 10.7. The molecule has 4 aromatic rings. The maximum Gasteiger partial charge on any atom is 0.246 e. The Labute approximate surface area is 257 Å². The predicted molar refractivity (Wildman–Crippen MR) is 174 cm³/mol. The Morgan fingerprint density at radius 2 is 1.73 bits per heavy atom. The molecule has 1 heterocycles. The van der Waals surface area contributed by atoms with Crippen LogP contribution in [0, 0.1) is 27.7 Å². The van der Waals surface area contributed by atoms with Crippen LogP contribution in [-0.4, -0.2) is 43.4 Å². The quantitative estimate of drug-likeness (QED) is 0.225. The van der Waals surface area contributed by atoms with Crippen molar-refractivity contribution in [2.45, 2.75) is 41.2 Å². The number of rotatable bonds is 10. The van der Waals surface area contributed by atoms with E-state index in [0.29, 0.717) is 29.4 Å². The van der Waals surface area contributed by atoms with Gasteiger partial charge in [-0.15, -0.1) is 0 Å². The molecule has 0 fully saturated rings. The lowest BCUT2D eigenvalue weighted by Crippen LogP contribution is -2.38. The van der Waals surface area contributed by atoms with Crippen LogP contribution in [0.2, 0.25) is 0 Å². The molecule has 0 saturated heterocycles. The number of likely N-dealkylation sites (N-methyl/N-ethyl adjacent to an activating group) is 1. The van der Waals surface area contributed by atoms with Gasteiger partial charge in [0.05, 0.1) is 19.3 Å². The Hall–Kier alpha value is -5.18. The van der Waals surface area contributed by atoms with Gasteiger partial charge >= 0.3 is 0 Å². The van der Waals surface area contributed by atoms with E-state index in [9.17, 15) is 14.4 Å². The number of nitrogens with zero attached hydrogens (tertiary/aromatic N) is 2. The highest BCUT2D eigenvalue weighted by molar-refractivity contribution is 5.99. The number of nitrogens with one attached hydrogen (secondary N) is 2. The van der Waals surface area contributed by atoms with E-state index in [1.165, 1.54) is 20.1 Å². The lowest BCUT2D eigenvalue weighted by Gasteiger charge is -2.23. The molecule has 0 saturated carbocycles. The highest BCUT2D eigenvalue weighted by Crippen LogP contribution is 2.30. The van der Waals surface area contributed by atoms with E-state index in [1.807, 2.05) is 51.1 Å². The van der Waals surface area contributed by atoms with Crippen molar-refractivity contribution in [1.29, 1.82) is 0 Å². The monoisotopic (exact) mass is 594 g/mol. The summed E-state index contributed by atoms with van der Waals surface area (Å²) in [5.74, 6) is 0.281. The lowest BCUT2D eigenvalue weighted by atomic mass is 10.0. The number of benzene rings is 3. The molecule has 3 amide bonds. The molecule has 0 unspecified atom stereocenters. The third-order valence-corrected chi connectivity index (χ3v) is 7.43. The van der Waals surface area contributed by atoms with Gasteiger partial charge in [0.2, 0.25) is 17.7 Å². The van der Waals surface area contributed by atoms with Crippen molar-refractivity contribution in [2.24, 2.45) is 0 Å². The van der Waals surface area contributed by atoms with Crippen LogP contribution < -0.4 is 25.0 Å². The maximum atomic E-state index is 13.1. The number of hydrogen-bond donors (Lipinski definition) is 2. The minimum absolute atomic E-state index is 0.177. The Bertz CT molecular complexity index is 1760. The zero-order valence-electron chi connectivity index (χ0n) is 26.2. The van der Waals surface area contributed by atoms with Crippen LogP contribution in [0.4, 0.5) is 11.4 Å². The second kappa shape index (κ2) is 13.9. The predicted octanol–water partition coefficient (Wildman–Crippen LogP) is 5.81. The molecular formula is C35H38N4O5. The van der Waals surface area contributed by atoms with Crippen molar-refractivity contribution in [3.63, 3.8) is 0 Å². The third-order valence-electron chi connectivity index (χ3n) is 7.43. The van der Waals surface area contributed by atoms with Gasteiger partial charge in [-0.25, -0.2) is 4.98 Å². The van der Waals surface area contributed by atoms with Crippen LogP contribution >= 0.6 is 0 Å². The first-order valence-electron chi connectivity index (χ1n) is 14.3. The molecule has 0 aliphatic rings. The molecule has 0 bridgehead atoms. The van der Waals surface area contributed by atoms with Crippen molar-refractivity contribution in [2.75, 3.05) is 30.9 Å². The molecule has 0 spiro atoms. The normalized spacial score (nSPS) is 11.0. The molecule has 228 valence electrons. The molecule has 0 aliphatic carbocycles. The van der Waals surface area contributed by atoms with Gasteiger partial charge in [-0.2, -0.15) is 0 Å². The SMILES string of the molecule is COc1cc(/C=C/C(=O)NCC(=O)N(C)c2ccc(C)c(COc3cccc4c(C)cc(C)nc34)c2C)ccc1NC(C)=O. The van der Waals surface area contributed by atoms with Gasteiger partial charge in [0, 0.05) is 36.8 Å². The van der Waals surface area contributed by atoms with Crippen LogP contribution in [0.3, 0.4) is 0 Å². The van der Waals surface area contributed by atoms with Gasteiger partial charge < -0.3 is 25.0 Å². The van der Waals surface area contributed by atoms with Crippen LogP contribution in [-0.2, 0) is 21.0 Å². The highest BCUT2D eigenvalue weighted by Gasteiger charge is 2.18. The van der Waals surface area contributed by atoms with E-state index >= 15 is 0 Å². The molecule has 1 aromatic heterocycles. The Morgan fingerprint density at radius 1 is 0.955 bits per heavy atom. The third kappa shape index (κ3) is 7.42. The summed E-state index contributed by atoms with van der Waals surface area (Å²) in [7, 11) is 3.19. The first kappa shape index (κ1) is 31.7. The van der Waals surface area contributed by atoms with Crippen LogP contribution in [0.25, 0.3) is 17.0 Å². The number of carbonyl (C=O) groups is 3. The van der Waals surface area contributed by atoms with Crippen LogP contribution in [0.15, 0.2) is 60.7 Å². The number of amides is 3. The summed E-state index contributed by atoms with van der Waals surface area (Å²) in [5, 5.41) is 6.39. The first-order chi connectivity index (χ1) is 21.0. The molecule has 9 heteroatoms. The summed E-state index contributed by atoms with van der Waals surface area (Å²) in [4.78, 5) is 43.2. The minimum Gasteiger partial charge on any atom is -0.495 e. The van der Waals surface area contributed by atoms with Crippen molar-refractivity contribution in [3.05, 3.63) is 94.2 Å². The Kier molecular flexibility index (Phi) is 10.0. The summed E-state index contributed by atoms with van der Waals surface area (Å²) in [6.07, 6.45) is 2.95. The van der Waals surface area contributed by atoms with E-state index in [-0.39, 0.29) is 18.4 Å². The average molecular weight is 595 g/mol. The molecule has 4 rings (SSSR count). The van der Waals surface area contributed by atoms with Gasteiger partial charge in [-0.1, -0.05) is 24.3 Å². The maximum absolute atomic E-state index is 13.1. The Morgan fingerprint density at radius 3 is 2.45 bits per heavy atom. The largest absolute Gasteiger partial charge is 0.495 e. The summed E-state index contributed by atoms with van der Waals surface area (Å²) >= 11 is 0. The van der Waals surface area contributed by atoms with Gasteiger partial charge in [-0.05, 0) is 91.9 Å². The van der Waals surface area contributed by atoms with Crippen molar-refractivity contribution in [1.82, 2.24) is 10.3 Å². The van der Waals surface area contributed by atoms with E-state index in [1.54, 1.807) is 36.2 Å². The summed E-state index contributed by atoms with van der Waals surface area (Å²) in [6, 6.07) is 17.0. The van der Waals surface area contributed by atoms with Gasteiger partial charge in [0.1, 0.15) is 23.6 Å². The number of aryl methyl sites for hydroxylation is 3. The topological polar surface area (TPSA) is 110 Å². The van der Waals surface area contributed by atoms with E-state index < -0.39 is 5.91 Å². The van der Waals surface area contributed by atoms with Crippen LogP contribution in [0.5, 0.6) is 11.5 Å². The molecule has 0 radical (unpaired) electrons. The van der Waals surface area contributed by atoms with Crippen molar-refractivity contribution >= 4 is 46.1 Å². The minimum atomic E-state index is -0.416. The number of para-hydroxylation sites is 1. The Balaban J connectivity index is 1.41. The standard InChI is InChI=1S/C35H38N4O5/c1-21-11-15-30(24(4)28(21)20-44-31-10-8-9-27-22(2)17-23(3)37-35(27)31)39(6)34(42)19-36-33(41)16-13-26-12-14-29(38-25(5)40)32(18-26)43-7/h8-18H,19-20H2,1-7H3,(H,36,41)(H,38,40)/b16-13+. The van der Waals surface area contributed by atoms with E-state index in [4.69, 9.17) is 14.5 Å². The molecular weight excluding hydrogens is 556 g/mol. The molecule has 9 nitrogen and oxygen atoms in total. The fourth-order valence-electron chi connectivity index (χ4n) is 5.04. The summed E-state index contributed by atoms with van der Waals surface area (Å²) in [6.45, 7) is 9.57. The molecule has 0 atom stereocenters. The summed E-state index contributed by atoms with van der Waals surface area (Å²) in [5.41, 5.74) is 7.82. The van der Waals surface area contributed by atoms with Crippen LogP contribution in [0.1, 0.15) is 40.4 Å². The summed E-state index contributed by atoms with van der Waals surface area (Å²) < 4.78 is 11.6. The lowest BCUT2D eigenvalue weighted by molar-refractivity contribution is -0.122. The van der Waals surface area contributed by atoms with Crippen molar-refractivity contribution in [3.8, 4) is 11.5 Å². The number of anilines is 2. The molecule has 0 aliphatic heterocycles. The fraction of sp³-hybridized carbons (Fsp3) is 0.257. The van der Waals surface area contributed by atoms with E-state index in [0.717, 1.165) is 44.5 Å². The molecule has 3 aromatic carbocycles. The van der Waals surface area contributed by atoms with Gasteiger partial charge in [0.25, 0.3) is 0 Å². The highest BCUT2D eigenvalue weighted by atomic mass is 16.5. The molecule has 44 heavy (non-hydrogen) atoms. The number of fused-ring (bicyclic) bond motifs is 1.